The summed E-state index contributed by atoms with van der Waals surface area (Å²) in [6.45, 7) is 5.01. The number of ketones is 1. The topological polar surface area (TPSA) is 37.4 Å². The zero-order chi connectivity index (χ0) is 13.1. The van der Waals surface area contributed by atoms with Crippen molar-refractivity contribution in [1.29, 1.82) is 0 Å². The number of nitrogens with zero attached hydrogens (tertiary/aromatic N) is 1. The Morgan fingerprint density at radius 2 is 2.11 bits per heavy atom. The maximum atomic E-state index is 11.9. The molecule has 0 unspecified atom stereocenters. The molecule has 1 atom stereocenters. The van der Waals surface area contributed by atoms with Crippen molar-refractivity contribution in [3.8, 4) is 0 Å². The van der Waals surface area contributed by atoms with E-state index in [0.29, 0.717) is 17.3 Å². The molecule has 2 rings (SSSR count). The van der Waals surface area contributed by atoms with Gasteiger partial charge in [-0.2, -0.15) is 0 Å². The molecule has 1 amide bonds. The minimum absolute atomic E-state index is 0.328. The van der Waals surface area contributed by atoms with Crippen molar-refractivity contribution in [1.82, 2.24) is 0 Å². The first-order valence-electron chi connectivity index (χ1n) is 6.62. The summed E-state index contributed by atoms with van der Waals surface area (Å²) < 4.78 is 0. The number of anilines is 1. The highest BCUT2D eigenvalue weighted by atomic mass is 32.1. The minimum atomic E-state index is -0.341. The normalized spacial score (nSPS) is 16.2. The lowest BCUT2D eigenvalue weighted by Gasteiger charge is -2.22. The van der Waals surface area contributed by atoms with E-state index in [9.17, 15) is 9.59 Å². The van der Waals surface area contributed by atoms with Gasteiger partial charge in [0, 0.05) is 6.54 Å². The van der Waals surface area contributed by atoms with Crippen molar-refractivity contribution in [2.45, 2.75) is 39.5 Å². The lowest BCUT2D eigenvalue weighted by Crippen LogP contribution is -2.34. The van der Waals surface area contributed by atoms with Crippen molar-refractivity contribution >= 4 is 28.7 Å². The molecule has 1 aromatic rings. The van der Waals surface area contributed by atoms with Gasteiger partial charge in [0.1, 0.15) is 4.88 Å². The van der Waals surface area contributed by atoms with Crippen LogP contribution in [0.25, 0.3) is 0 Å². The number of rotatable bonds is 6. The molecule has 1 aromatic heterocycles. The SMILES string of the molecule is CCCC[C@@H](CC)CN1C(=O)C(=O)c2sccc21. The predicted molar refractivity (Wildman–Crippen MR) is 74.3 cm³/mol. The zero-order valence-corrected chi connectivity index (χ0v) is 11.8. The summed E-state index contributed by atoms with van der Waals surface area (Å²) in [6.07, 6.45) is 4.54. The summed E-state index contributed by atoms with van der Waals surface area (Å²) in [7, 11) is 0. The summed E-state index contributed by atoms with van der Waals surface area (Å²) in [5.41, 5.74) is 0.824. The van der Waals surface area contributed by atoms with Crippen LogP contribution in [0.4, 0.5) is 5.69 Å². The highest BCUT2D eigenvalue weighted by Crippen LogP contribution is 2.34. The van der Waals surface area contributed by atoms with Gasteiger partial charge >= 0.3 is 0 Å². The second kappa shape index (κ2) is 5.65. The van der Waals surface area contributed by atoms with Gasteiger partial charge in [-0.05, 0) is 23.8 Å². The molecule has 0 N–H and O–H groups in total. The van der Waals surface area contributed by atoms with Gasteiger partial charge in [-0.25, -0.2) is 0 Å². The van der Waals surface area contributed by atoms with E-state index in [4.69, 9.17) is 0 Å². The summed E-state index contributed by atoms with van der Waals surface area (Å²) in [6, 6.07) is 1.88. The second-order valence-corrected chi connectivity index (χ2v) is 5.71. The van der Waals surface area contributed by atoms with Gasteiger partial charge < -0.3 is 4.90 Å². The highest BCUT2D eigenvalue weighted by molar-refractivity contribution is 7.14. The van der Waals surface area contributed by atoms with Crippen molar-refractivity contribution in [2.24, 2.45) is 5.92 Å². The summed E-state index contributed by atoms with van der Waals surface area (Å²) in [5.74, 6) is -0.176. The lowest BCUT2D eigenvalue weighted by atomic mass is 9.99. The number of carbonyl (C=O) groups excluding carboxylic acids is 2. The standard InChI is InChI=1S/C14H19NO2S/c1-3-5-6-10(4-2)9-15-11-7-8-18-13(11)12(16)14(15)17/h7-8,10H,3-6,9H2,1-2H3/t10-/m1/s1. The van der Waals surface area contributed by atoms with E-state index < -0.39 is 0 Å². The molecule has 0 saturated carbocycles. The fourth-order valence-corrected chi connectivity index (χ4v) is 3.20. The molecule has 0 radical (unpaired) electrons. The van der Waals surface area contributed by atoms with Crippen molar-refractivity contribution in [2.75, 3.05) is 11.4 Å². The van der Waals surface area contributed by atoms with E-state index in [0.717, 1.165) is 18.5 Å². The highest BCUT2D eigenvalue weighted by Gasteiger charge is 2.37. The van der Waals surface area contributed by atoms with Crippen LogP contribution in [-0.2, 0) is 4.79 Å². The van der Waals surface area contributed by atoms with E-state index in [1.807, 2.05) is 11.4 Å². The third kappa shape index (κ3) is 2.34. The van der Waals surface area contributed by atoms with Crippen LogP contribution >= 0.6 is 11.3 Å². The number of unbranched alkanes of at least 4 members (excludes halogenated alkanes) is 1. The molecule has 0 saturated heterocycles. The van der Waals surface area contributed by atoms with Crippen LogP contribution < -0.4 is 4.90 Å². The molecule has 3 nitrogen and oxygen atoms in total. The summed E-state index contributed by atoms with van der Waals surface area (Å²) in [4.78, 5) is 26.0. The molecule has 0 aliphatic carbocycles. The molecule has 98 valence electrons. The van der Waals surface area contributed by atoms with E-state index >= 15 is 0 Å². The second-order valence-electron chi connectivity index (χ2n) is 4.80. The lowest BCUT2D eigenvalue weighted by molar-refractivity contribution is -0.114. The Bertz CT molecular complexity index is 452. The number of amides is 1. The molecule has 0 fully saturated rings. The Kier molecular flexibility index (Phi) is 4.17. The van der Waals surface area contributed by atoms with Crippen LogP contribution in [0.15, 0.2) is 11.4 Å². The average Bonchev–Trinajstić information content (AvgIpc) is 2.93. The number of hydrogen-bond acceptors (Lipinski definition) is 3. The van der Waals surface area contributed by atoms with Gasteiger partial charge in [0.2, 0.25) is 0 Å². The number of thiophene rings is 1. The van der Waals surface area contributed by atoms with Gasteiger partial charge in [0.15, 0.2) is 0 Å². The maximum absolute atomic E-state index is 11.9. The smallest absolute Gasteiger partial charge is 0.300 e. The molecule has 0 spiro atoms. The molecule has 4 heteroatoms. The molecule has 18 heavy (non-hydrogen) atoms. The zero-order valence-electron chi connectivity index (χ0n) is 10.9. The third-order valence-corrected chi connectivity index (χ3v) is 4.47. The van der Waals surface area contributed by atoms with Gasteiger partial charge in [-0.1, -0.05) is 33.1 Å². The molecule has 0 bridgehead atoms. The van der Waals surface area contributed by atoms with E-state index in [2.05, 4.69) is 13.8 Å². The summed E-state index contributed by atoms with van der Waals surface area (Å²) >= 11 is 1.37. The Balaban J connectivity index is 2.09. The molecule has 1 aliphatic rings. The maximum Gasteiger partial charge on any atom is 0.300 e. The van der Waals surface area contributed by atoms with Crippen molar-refractivity contribution < 1.29 is 9.59 Å². The third-order valence-electron chi connectivity index (χ3n) is 3.56. The molecular formula is C14H19NO2S. The van der Waals surface area contributed by atoms with Crippen molar-refractivity contribution in [3.63, 3.8) is 0 Å². The fourth-order valence-electron chi connectivity index (χ4n) is 2.37. The van der Waals surface area contributed by atoms with E-state index in [-0.39, 0.29) is 11.7 Å². The number of fused-ring (bicyclic) bond motifs is 1. The quantitative estimate of drug-likeness (QED) is 0.738. The molecule has 2 heterocycles. The summed E-state index contributed by atoms with van der Waals surface area (Å²) in [5, 5.41) is 1.88. The average molecular weight is 265 g/mol. The first kappa shape index (κ1) is 13.3. The molecule has 1 aliphatic heterocycles. The van der Waals surface area contributed by atoms with Crippen LogP contribution in [0.1, 0.15) is 49.2 Å². The van der Waals surface area contributed by atoms with Crippen LogP contribution in [0, 0.1) is 5.92 Å². The van der Waals surface area contributed by atoms with Gasteiger partial charge in [0.25, 0.3) is 11.7 Å². The number of carbonyl (C=O) groups is 2. The van der Waals surface area contributed by atoms with E-state index in [1.54, 1.807) is 4.90 Å². The predicted octanol–water partition coefficient (Wildman–Crippen LogP) is 3.49. The Morgan fingerprint density at radius 3 is 2.78 bits per heavy atom. The van der Waals surface area contributed by atoms with Crippen LogP contribution in [0.5, 0.6) is 0 Å². The van der Waals surface area contributed by atoms with Crippen molar-refractivity contribution in [3.05, 3.63) is 16.3 Å². The molecular weight excluding hydrogens is 246 g/mol. The van der Waals surface area contributed by atoms with Gasteiger partial charge in [-0.3, -0.25) is 9.59 Å². The Morgan fingerprint density at radius 1 is 1.33 bits per heavy atom. The van der Waals surface area contributed by atoms with Crippen LogP contribution in [-0.4, -0.2) is 18.2 Å². The first-order chi connectivity index (χ1) is 8.69. The van der Waals surface area contributed by atoms with E-state index in [1.165, 1.54) is 24.2 Å². The van der Waals surface area contributed by atoms with Crippen LogP contribution in [0.3, 0.4) is 0 Å². The first-order valence-corrected chi connectivity index (χ1v) is 7.50. The Hall–Kier alpha value is -1.16. The number of hydrogen-bond donors (Lipinski definition) is 0. The van der Waals surface area contributed by atoms with Crippen LogP contribution in [0.2, 0.25) is 0 Å². The largest absolute Gasteiger partial charge is 0.304 e. The number of Topliss-reactive ketones (excluding diaryl/α,β-unsaturated/α-hetero) is 1. The minimum Gasteiger partial charge on any atom is -0.304 e. The molecule has 0 aromatic carbocycles. The van der Waals surface area contributed by atoms with Gasteiger partial charge in [0.05, 0.1) is 5.69 Å². The fraction of sp³-hybridized carbons (Fsp3) is 0.571. The van der Waals surface area contributed by atoms with Gasteiger partial charge in [-0.15, -0.1) is 11.3 Å². The monoisotopic (exact) mass is 265 g/mol. The Labute approximate surface area is 112 Å².